The summed E-state index contributed by atoms with van der Waals surface area (Å²) in [5.41, 5.74) is 2.33. The fraction of sp³-hybridized carbons (Fsp3) is 0.387. The normalized spacial score (nSPS) is 15.3. The molecule has 1 N–H and O–H groups in total. The van der Waals surface area contributed by atoms with Crippen molar-refractivity contribution in [3.05, 3.63) is 86.6 Å². The Morgan fingerprint density at radius 3 is 2.45 bits per heavy atom. The maximum atomic E-state index is 13.8. The number of aliphatic hydroxyl groups excluding tert-OH is 1. The predicted molar refractivity (Wildman–Crippen MR) is 156 cm³/mol. The number of methoxy groups -OCH3 is 1. The molecule has 1 unspecified atom stereocenters. The summed E-state index contributed by atoms with van der Waals surface area (Å²) in [6.07, 6.45) is 0.701. The second kappa shape index (κ2) is 13.1. The molecule has 1 aromatic heterocycles. The average molecular weight is 564 g/mol. The Morgan fingerprint density at radius 2 is 1.82 bits per heavy atom. The highest BCUT2D eigenvalue weighted by molar-refractivity contribution is 7.14. The first-order valence-electron chi connectivity index (χ1n) is 13.6. The Hall–Kier alpha value is -3.69. The van der Waals surface area contributed by atoms with E-state index in [1.807, 2.05) is 43.3 Å². The van der Waals surface area contributed by atoms with Crippen molar-refractivity contribution in [1.82, 2.24) is 14.8 Å². The van der Waals surface area contributed by atoms with E-state index in [4.69, 9.17) is 9.47 Å². The highest BCUT2D eigenvalue weighted by Gasteiger charge is 2.44. The van der Waals surface area contributed by atoms with Crippen molar-refractivity contribution in [1.29, 1.82) is 0 Å². The van der Waals surface area contributed by atoms with Crippen molar-refractivity contribution in [3.63, 3.8) is 0 Å². The van der Waals surface area contributed by atoms with Gasteiger partial charge in [0.05, 0.1) is 34.3 Å². The monoisotopic (exact) mass is 563 g/mol. The summed E-state index contributed by atoms with van der Waals surface area (Å²) in [6.45, 7) is 11.2. The van der Waals surface area contributed by atoms with Crippen molar-refractivity contribution in [2.75, 3.05) is 33.3 Å². The van der Waals surface area contributed by atoms with E-state index >= 15 is 0 Å². The van der Waals surface area contributed by atoms with Crippen molar-refractivity contribution in [2.45, 2.75) is 46.8 Å². The molecule has 0 spiro atoms. The molecule has 0 saturated carbocycles. The smallest absolute Gasteiger partial charge is 0.290 e. The Labute approximate surface area is 239 Å². The molecule has 1 atom stereocenters. The number of Topliss-reactive ketones (excluding diaryl/α,β-unsaturated/α-hetero) is 1. The number of amides is 1. The highest BCUT2D eigenvalue weighted by Crippen LogP contribution is 2.42. The van der Waals surface area contributed by atoms with Crippen LogP contribution < -0.4 is 9.47 Å². The van der Waals surface area contributed by atoms with Gasteiger partial charge < -0.3 is 24.4 Å². The Bertz CT molecular complexity index is 1380. The van der Waals surface area contributed by atoms with Crippen LogP contribution in [0.2, 0.25) is 0 Å². The minimum Gasteiger partial charge on any atom is -0.503 e. The lowest BCUT2D eigenvalue weighted by molar-refractivity contribution is -0.129. The minimum atomic E-state index is -0.768. The van der Waals surface area contributed by atoms with Gasteiger partial charge >= 0.3 is 0 Å². The maximum Gasteiger partial charge on any atom is 0.290 e. The van der Waals surface area contributed by atoms with Gasteiger partial charge in [0.25, 0.3) is 5.91 Å². The number of rotatable bonds is 13. The number of ether oxygens (including phenoxy) is 2. The van der Waals surface area contributed by atoms with E-state index in [2.05, 4.69) is 23.7 Å². The maximum absolute atomic E-state index is 13.8. The summed E-state index contributed by atoms with van der Waals surface area (Å²) in [4.78, 5) is 35.9. The van der Waals surface area contributed by atoms with Crippen molar-refractivity contribution >= 4 is 23.0 Å². The molecular weight excluding hydrogens is 526 g/mol. The lowest BCUT2D eigenvalue weighted by Crippen LogP contribution is -2.34. The third-order valence-corrected chi connectivity index (χ3v) is 8.24. The molecule has 0 fully saturated rings. The molecule has 0 aliphatic carbocycles. The Kier molecular flexibility index (Phi) is 9.60. The van der Waals surface area contributed by atoms with Crippen LogP contribution in [0.3, 0.4) is 0 Å². The summed E-state index contributed by atoms with van der Waals surface area (Å²) in [5, 5.41) is 11.8. The van der Waals surface area contributed by atoms with Gasteiger partial charge in [-0.25, -0.2) is 4.98 Å². The zero-order valence-electron chi connectivity index (χ0n) is 23.8. The standard InChI is InChI=1S/C31H37N3O5S/c1-6-33(7-2)16-11-17-34-27(26(29(36)31(34)37)28(35)30-20(3)32-21(4)40-30)23-14-15-24(25(18-23)38-5)39-19-22-12-9-8-10-13-22/h8-10,12-15,18,27,36H,6-7,11,16-17,19H2,1-5H3. The fourth-order valence-electron chi connectivity index (χ4n) is 5.04. The predicted octanol–water partition coefficient (Wildman–Crippen LogP) is 5.66. The van der Waals surface area contributed by atoms with Gasteiger partial charge in [0.2, 0.25) is 5.78 Å². The summed E-state index contributed by atoms with van der Waals surface area (Å²) >= 11 is 1.27. The lowest BCUT2D eigenvalue weighted by Gasteiger charge is -2.28. The van der Waals surface area contributed by atoms with Gasteiger partial charge in [-0.05, 0) is 63.2 Å². The largest absolute Gasteiger partial charge is 0.503 e. The second-order valence-electron chi connectivity index (χ2n) is 9.70. The SMILES string of the molecule is CCN(CC)CCCN1C(=O)C(O)=C(C(=O)c2sc(C)nc2C)C1c1ccc(OCc2ccccc2)c(OC)c1. The van der Waals surface area contributed by atoms with Crippen molar-refractivity contribution in [3.8, 4) is 11.5 Å². The minimum absolute atomic E-state index is 0.0691. The molecule has 3 aromatic rings. The molecule has 0 saturated heterocycles. The van der Waals surface area contributed by atoms with Gasteiger partial charge in [-0.1, -0.05) is 50.2 Å². The molecule has 2 aromatic carbocycles. The number of hydrogen-bond acceptors (Lipinski definition) is 8. The van der Waals surface area contributed by atoms with Crippen LogP contribution >= 0.6 is 11.3 Å². The third kappa shape index (κ3) is 6.21. The van der Waals surface area contributed by atoms with E-state index < -0.39 is 17.7 Å². The molecule has 1 amide bonds. The Balaban J connectivity index is 1.69. The first-order chi connectivity index (χ1) is 19.3. The number of aromatic nitrogens is 1. The number of aryl methyl sites for hydroxylation is 2. The fourth-order valence-corrected chi connectivity index (χ4v) is 5.91. The van der Waals surface area contributed by atoms with Crippen molar-refractivity contribution < 1.29 is 24.2 Å². The van der Waals surface area contributed by atoms with Crippen molar-refractivity contribution in [2.24, 2.45) is 0 Å². The molecule has 2 heterocycles. The Morgan fingerprint density at radius 1 is 1.10 bits per heavy atom. The number of hydrogen-bond donors (Lipinski definition) is 1. The van der Waals surface area contributed by atoms with Gasteiger partial charge in [0.1, 0.15) is 6.61 Å². The zero-order valence-corrected chi connectivity index (χ0v) is 24.6. The molecule has 0 radical (unpaired) electrons. The molecule has 0 bridgehead atoms. The number of nitrogens with zero attached hydrogens (tertiary/aromatic N) is 3. The first-order valence-corrected chi connectivity index (χ1v) is 14.4. The number of thiazole rings is 1. The summed E-state index contributed by atoms with van der Waals surface area (Å²) in [5.74, 6) is -0.412. The number of carbonyl (C=O) groups excluding carboxylic acids is 2. The van der Waals surface area contributed by atoms with Crippen LogP contribution in [0.5, 0.6) is 11.5 Å². The first kappa shape index (κ1) is 29.3. The number of carbonyl (C=O) groups is 2. The van der Waals surface area contributed by atoms with Crippen LogP contribution in [0.15, 0.2) is 59.9 Å². The molecule has 1 aliphatic rings. The van der Waals surface area contributed by atoms with E-state index in [9.17, 15) is 14.7 Å². The topological polar surface area (TPSA) is 92.2 Å². The molecule has 1 aliphatic heterocycles. The molecule has 9 heteroatoms. The molecule has 40 heavy (non-hydrogen) atoms. The quantitative estimate of drug-likeness (QED) is 0.268. The number of aliphatic hydroxyl groups is 1. The highest BCUT2D eigenvalue weighted by atomic mass is 32.1. The van der Waals surface area contributed by atoms with E-state index in [0.29, 0.717) is 47.2 Å². The van der Waals surface area contributed by atoms with Crippen LogP contribution in [0, 0.1) is 13.8 Å². The van der Waals surface area contributed by atoms with E-state index in [-0.39, 0.29) is 11.4 Å². The molecule has 212 valence electrons. The number of ketones is 1. The van der Waals surface area contributed by atoms with E-state index in [1.165, 1.54) is 11.3 Å². The van der Waals surface area contributed by atoms with Crippen LogP contribution in [-0.4, -0.2) is 64.9 Å². The van der Waals surface area contributed by atoms with E-state index in [1.54, 1.807) is 31.1 Å². The van der Waals surface area contributed by atoms with Crippen LogP contribution in [-0.2, 0) is 11.4 Å². The molecule has 4 rings (SSSR count). The zero-order chi connectivity index (χ0) is 28.8. The number of benzene rings is 2. The van der Waals surface area contributed by atoms with Gasteiger partial charge in [-0.3, -0.25) is 9.59 Å². The van der Waals surface area contributed by atoms with E-state index in [0.717, 1.165) is 30.2 Å². The van der Waals surface area contributed by atoms with Crippen LogP contribution in [0.25, 0.3) is 0 Å². The van der Waals surface area contributed by atoms with Crippen LogP contribution in [0.4, 0.5) is 0 Å². The molecule has 8 nitrogen and oxygen atoms in total. The summed E-state index contributed by atoms with van der Waals surface area (Å²) in [6, 6.07) is 14.5. The van der Waals surface area contributed by atoms with Gasteiger partial charge in [0.15, 0.2) is 17.3 Å². The second-order valence-corrected chi connectivity index (χ2v) is 10.9. The van der Waals surface area contributed by atoms with Gasteiger partial charge in [0, 0.05) is 6.54 Å². The average Bonchev–Trinajstić information content (AvgIpc) is 3.44. The van der Waals surface area contributed by atoms with Gasteiger partial charge in [-0.2, -0.15) is 0 Å². The van der Waals surface area contributed by atoms with Crippen LogP contribution in [0.1, 0.15) is 57.8 Å². The lowest BCUT2D eigenvalue weighted by atomic mass is 9.94. The summed E-state index contributed by atoms with van der Waals surface area (Å²) in [7, 11) is 1.55. The molecular formula is C31H37N3O5S. The third-order valence-electron chi connectivity index (χ3n) is 7.17. The summed E-state index contributed by atoms with van der Waals surface area (Å²) < 4.78 is 11.7. The van der Waals surface area contributed by atoms with Gasteiger partial charge in [-0.15, -0.1) is 11.3 Å².